The zero-order chi connectivity index (χ0) is 16.3. The number of fused-ring (bicyclic) bond motifs is 1. The van der Waals surface area contributed by atoms with Crippen molar-refractivity contribution in [1.82, 2.24) is 10.0 Å². The van der Waals surface area contributed by atoms with Gasteiger partial charge in [0.25, 0.3) is 5.91 Å². The van der Waals surface area contributed by atoms with E-state index >= 15 is 0 Å². The molecule has 2 rings (SSSR count). The summed E-state index contributed by atoms with van der Waals surface area (Å²) < 4.78 is 29.1. The number of para-hydroxylation sites is 1. The van der Waals surface area contributed by atoms with E-state index in [0.717, 1.165) is 6.26 Å². The lowest BCUT2D eigenvalue weighted by atomic mass is 10.1. The van der Waals surface area contributed by atoms with Crippen molar-refractivity contribution in [3.8, 4) is 0 Å². The fourth-order valence-electron chi connectivity index (χ4n) is 2.09. The van der Waals surface area contributed by atoms with Crippen LogP contribution in [0.5, 0.6) is 0 Å². The molecular weight excluding hydrogens is 308 g/mol. The van der Waals surface area contributed by atoms with Crippen LogP contribution >= 0.6 is 0 Å². The number of hydrogen-bond donors (Lipinski definition) is 2. The molecule has 0 saturated heterocycles. The number of rotatable bonds is 5. The molecule has 118 valence electrons. The van der Waals surface area contributed by atoms with Crippen molar-refractivity contribution in [1.29, 1.82) is 0 Å². The van der Waals surface area contributed by atoms with E-state index < -0.39 is 15.9 Å². The van der Waals surface area contributed by atoms with Gasteiger partial charge in [0.15, 0.2) is 0 Å². The summed E-state index contributed by atoms with van der Waals surface area (Å²) in [7, 11) is -3.58. The quantitative estimate of drug-likeness (QED) is 0.851. The van der Waals surface area contributed by atoms with Gasteiger partial charge >= 0.3 is 0 Å². The van der Waals surface area contributed by atoms with Crippen molar-refractivity contribution in [2.24, 2.45) is 0 Å². The summed E-state index contributed by atoms with van der Waals surface area (Å²) in [6, 6.07) is 7.14. The SMILES string of the molecule is Cc1oc2ccccc2c1C(=O)NCCC(=O)NS(C)(=O)=O. The van der Waals surface area contributed by atoms with Crippen LogP contribution in [0.2, 0.25) is 0 Å². The topological polar surface area (TPSA) is 105 Å². The number of furan rings is 1. The summed E-state index contributed by atoms with van der Waals surface area (Å²) in [5, 5.41) is 3.27. The first-order valence-corrected chi connectivity index (χ1v) is 8.44. The minimum absolute atomic E-state index is 0.0269. The molecule has 2 aromatic rings. The maximum Gasteiger partial charge on any atom is 0.255 e. The molecule has 0 saturated carbocycles. The highest BCUT2D eigenvalue weighted by Crippen LogP contribution is 2.24. The van der Waals surface area contributed by atoms with Gasteiger partial charge < -0.3 is 9.73 Å². The Bertz CT molecular complexity index is 823. The van der Waals surface area contributed by atoms with E-state index in [-0.39, 0.29) is 18.9 Å². The van der Waals surface area contributed by atoms with Crippen LogP contribution in [-0.2, 0) is 14.8 Å². The average molecular weight is 324 g/mol. The Morgan fingerprint density at radius 1 is 1.23 bits per heavy atom. The van der Waals surface area contributed by atoms with E-state index in [1.807, 2.05) is 10.8 Å². The van der Waals surface area contributed by atoms with E-state index in [2.05, 4.69) is 5.32 Å². The van der Waals surface area contributed by atoms with Crippen LogP contribution < -0.4 is 10.0 Å². The van der Waals surface area contributed by atoms with Gasteiger partial charge in [0, 0.05) is 18.4 Å². The molecule has 1 heterocycles. The second-order valence-corrected chi connectivity index (χ2v) is 6.58. The molecule has 0 aliphatic heterocycles. The Kier molecular flexibility index (Phi) is 4.51. The van der Waals surface area contributed by atoms with Gasteiger partial charge in [-0.1, -0.05) is 18.2 Å². The molecule has 1 aromatic carbocycles. The molecule has 1 aromatic heterocycles. The van der Waals surface area contributed by atoms with Gasteiger partial charge in [-0.2, -0.15) is 0 Å². The summed E-state index contributed by atoms with van der Waals surface area (Å²) in [4.78, 5) is 23.5. The van der Waals surface area contributed by atoms with E-state index in [9.17, 15) is 18.0 Å². The molecule has 7 nitrogen and oxygen atoms in total. The van der Waals surface area contributed by atoms with E-state index in [1.165, 1.54) is 0 Å². The number of aryl methyl sites for hydroxylation is 1. The number of sulfonamides is 1. The summed E-state index contributed by atoms with van der Waals surface area (Å²) in [6.07, 6.45) is 0.762. The molecule has 22 heavy (non-hydrogen) atoms. The lowest BCUT2D eigenvalue weighted by Gasteiger charge is -2.05. The first kappa shape index (κ1) is 16.0. The molecule has 2 N–H and O–H groups in total. The Labute approximate surface area is 127 Å². The predicted octanol–water partition coefficient (Wildman–Crippen LogP) is 0.937. The number of carbonyl (C=O) groups is 2. The van der Waals surface area contributed by atoms with Crippen molar-refractivity contribution < 1.29 is 22.4 Å². The summed E-state index contributed by atoms with van der Waals surface area (Å²) in [5.41, 5.74) is 1.03. The van der Waals surface area contributed by atoms with Crippen LogP contribution in [0.1, 0.15) is 22.5 Å². The summed E-state index contributed by atoms with van der Waals surface area (Å²) in [6.45, 7) is 1.71. The molecule has 0 spiro atoms. The molecule has 0 aliphatic rings. The Morgan fingerprint density at radius 2 is 1.91 bits per heavy atom. The van der Waals surface area contributed by atoms with Gasteiger partial charge in [0.1, 0.15) is 11.3 Å². The van der Waals surface area contributed by atoms with Gasteiger partial charge in [-0.15, -0.1) is 0 Å². The molecule has 8 heteroatoms. The molecule has 0 atom stereocenters. The zero-order valence-electron chi connectivity index (χ0n) is 12.2. The van der Waals surface area contributed by atoms with Gasteiger partial charge in [-0.3, -0.25) is 14.3 Å². The van der Waals surface area contributed by atoms with E-state index in [4.69, 9.17) is 4.42 Å². The molecule has 0 fully saturated rings. The molecule has 0 bridgehead atoms. The maximum absolute atomic E-state index is 12.2. The Hall–Kier alpha value is -2.35. The second kappa shape index (κ2) is 6.18. The van der Waals surface area contributed by atoms with Gasteiger partial charge in [-0.25, -0.2) is 8.42 Å². The third-order valence-corrected chi connectivity index (χ3v) is 3.53. The van der Waals surface area contributed by atoms with Gasteiger partial charge in [-0.05, 0) is 13.0 Å². The first-order chi connectivity index (χ1) is 10.3. The van der Waals surface area contributed by atoms with Crippen molar-refractivity contribution in [2.45, 2.75) is 13.3 Å². The average Bonchev–Trinajstić information content (AvgIpc) is 2.72. The highest BCUT2D eigenvalue weighted by atomic mass is 32.2. The van der Waals surface area contributed by atoms with E-state index in [0.29, 0.717) is 22.3 Å². The van der Waals surface area contributed by atoms with Gasteiger partial charge in [0.2, 0.25) is 15.9 Å². The lowest BCUT2D eigenvalue weighted by molar-refractivity contribution is -0.119. The molecule has 0 unspecified atom stereocenters. The summed E-state index contributed by atoms with van der Waals surface area (Å²) >= 11 is 0. The number of amides is 2. The van der Waals surface area contributed by atoms with Crippen LogP contribution in [0, 0.1) is 6.92 Å². The molecule has 0 aliphatic carbocycles. The van der Waals surface area contributed by atoms with Crippen molar-refractivity contribution >= 4 is 32.8 Å². The maximum atomic E-state index is 12.2. The zero-order valence-corrected chi connectivity index (χ0v) is 13.0. The fourth-order valence-corrected chi connectivity index (χ4v) is 2.60. The van der Waals surface area contributed by atoms with Crippen molar-refractivity contribution in [3.05, 3.63) is 35.6 Å². The third-order valence-electron chi connectivity index (χ3n) is 2.94. The largest absolute Gasteiger partial charge is 0.461 e. The smallest absolute Gasteiger partial charge is 0.255 e. The Balaban J connectivity index is 2.00. The number of nitrogens with one attached hydrogen (secondary N) is 2. The van der Waals surface area contributed by atoms with Crippen molar-refractivity contribution in [3.63, 3.8) is 0 Å². The molecule has 2 amide bonds. The highest BCUT2D eigenvalue weighted by Gasteiger charge is 2.17. The third kappa shape index (κ3) is 3.85. The van der Waals surface area contributed by atoms with Gasteiger partial charge in [0.05, 0.1) is 11.8 Å². The summed E-state index contributed by atoms with van der Waals surface area (Å²) in [5.74, 6) is -0.550. The van der Waals surface area contributed by atoms with Crippen molar-refractivity contribution in [2.75, 3.05) is 12.8 Å². The monoisotopic (exact) mass is 324 g/mol. The standard InChI is InChI=1S/C14H16N2O5S/c1-9-13(10-5-3-4-6-11(10)21-9)14(18)15-8-7-12(17)16-22(2,19)20/h3-6H,7-8H2,1-2H3,(H,15,18)(H,16,17). The minimum Gasteiger partial charge on any atom is -0.461 e. The molecule has 0 radical (unpaired) electrons. The van der Waals surface area contributed by atoms with Crippen LogP contribution in [0.15, 0.2) is 28.7 Å². The lowest BCUT2D eigenvalue weighted by Crippen LogP contribution is -2.33. The first-order valence-electron chi connectivity index (χ1n) is 6.55. The molecular formula is C14H16N2O5S. The van der Waals surface area contributed by atoms with Crippen LogP contribution in [0.4, 0.5) is 0 Å². The number of hydrogen-bond acceptors (Lipinski definition) is 5. The normalized spacial score (nSPS) is 11.4. The Morgan fingerprint density at radius 3 is 2.59 bits per heavy atom. The highest BCUT2D eigenvalue weighted by molar-refractivity contribution is 7.89. The van der Waals surface area contributed by atoms with Crippen LogP contribution in [-0.4, -0.2) is 33.0 Å². The fraction of sp³-hybridized carbons (Fsp3) is 0.286. The van der Waals surface area contributed by atoms with Crippen LogP contribution in [0.3, 0.4) is 0 Å². The van der Waals surface area contributed by atoms with Crippen LogP contribution in [0.25, 0.3) is 11.0 Å². The second-order valence-electron chi connectivity index (χ2n) is 4.83. The predicted molar refractivity (Wildman–Crippen MR) is 80.9 cm³/mol. The minimum atomic E-state index is -3.58. The van der Waals surface area contributed by atoms with E-state index in [1.54, 1.807) is 25.1 Å². The number of benzene rings is 1. The number of carbonyl (C=O) groups excluding carboxylic acids is 2.